The molecule has 0 saturated carbocycles. The largest absolute Gasteiger partial charge is 0.349 e. The van der Waals surface area contributed by atoms with Crippen molar-refractivity contribution >= 4 is 5.95 Å². The Balaban J connectivity index is 1.75. The van der Waals surface area contributed by atoms with Crippen molar-refractivity contribution in [1.29, 1.82) is 0 Å². The second-order valence-corrected chi connectivity index (χ2v) is 4.38. The lowest BCUT2D eigenvalue weighted by Gasteiger charge is -2.05. The van der Waals surface area contributed by atoms with Gasteiger partial charge in [-0.25, -0.2) is 9.37 Å². The van der Waals surface area contributed by atoms with E-state index in [4.69, 9.17) is 0 Å². The lowest BCUT2D eigenvalue weighted by Crippen LogP contribution is -2.05. The number of anilines is 1. The number of rotatable bonds is 4. The first-order valence-corrected chi connectivity index (χ1v) is 6.40. The first-order valence-electron chi connectivity index (χ1n) is 6.40. The van der Waals surface area contributed by atoms with Gasteiger partial charge in [-0.1, -0.05) is 0 Å². The van der Waals surface area contributed by atoms with E-state index in [1.54, 1.807) is 30.7 Å². The van der Waals surface area contributed by atoms with E-state index in [0.29, 0.717) is 18.2 Å². The fourth-order valence-corrected chi connectivity index (χ4v) is 1.82. The third-order valence-corrected chi connectivity index (χ3v) is 2.90. The number of nitrogens with zero attached hydrogens (tertiary/aromatic N) is 4. The van der Waals surface area contributed by atoms with Crippen LogP contribution in [0, 0.1) is 5.82 Å². The highest BCUT2D eigenvalue weighted by atomic mass is 19.1. The van der Waals surface area contributed by atoms with Crippen molar-refractivity contribution < 1.29 is 4.39 Å². The van der Waals surface area contributed by atoms with Gasteiger partial charge in [0.1, 0.15) is 5.82 Å². The number of hydrogen-bond acceptors (Lipinski definition) is 5. The van der Waals surface area contributed by atoms with Crippen molar-refractivity contribution in [3.63, 3.8) is 0 Å². The summed E-state index contributed by atoms with van der Waals surface area (Å²) in [4.78, 5) is 8.32. The zero-order valence-corrected chi connectivity index (χ0v) is 11.1. The van der Waals surface area contributed by atoms with Crippen LogP contribution in [0.1, 0.15) is 5.56 Å². The molecule has 0 amide bonds. The van der Waals surface area contributed by atoms with Gasteiger partial charge in [0.15, 0.2) is 0 Å². The standard InChI is InChI=1S/C15H12FN5/c16-13-3-1-12(2-4-13)14-10-19-21-15(20-14)18-9-11-5-7-17-8-6-11/h1-8,10H,9H2,(H,18,20,21). The zero-order chi connectivity index (χ0) is 14.5. The molecule has 3 rings (SSSR count). The van der Waals surface area contributed by atoms with Crippen molar-refractivity contribution in [2.45, 2.75) is 6.54 Å². The fraction of sp³-hybridized carbons (Fsp3) is 0.0667. The Morgan fingerprint density at radius 1 is 1.00 bits per heavy atom. The number of hydrogen-bond donors (Lipinski definition) is 1. The molecule has 0 aliphatic carbocycles. The minimum absolute atomic E-state index is 0.281. The Morgan fingerprint density at radius 3 is 2.52 bits per heavy atom. The summed E-state index contributed by atoms with van der Waals surface area (Å²) < 4.78 is 12.9. The summed E-state index contributed by atoms with van der Waals surface area (Å²) in [7, 11) is 0. The number of halogens is 1. The van der Waals surface area contributed by atoms with Gasteiger partial charge in [-0.2, -0.15) is 5.10 Å². The van der Waals surface area contributed by atoms with Gasteiger partial charge >= 0.3 is 0 Å². The van der Waals surface area contributed by atoms with Crippen molar-refractivity contribution in [3.8, 4) is 11.3 Å². The highest BCUT2D eigenvalue weighted by Gasteiger charge is 2.03. The maximum atomic E-state index is 12.9. The lowest BCUT2D eigenvalue weighted by atomic mass is 10.2. The lowest BCUT2D eigenvalue weighted by molar-refractivity contribution is 0.628. The summed E-state index contributed by atoms with van der Waals surface area (Å²) in [6, 6.07) is 9.91. The van der Waals surface area contributed by atoms with E-state index < -0.39 is 0 Å². The van der Waals surface area contributed by atoms with E-state index in [1.165, 1.54) is 12.1 Å². The van der Waals surface area contributed by atoms with Gasteiger partial charge in [-0.15, -0.1) is 5.10 Å². The van der Waals surface area contributed by atoms with E-state index in [2.05, 4.69) is 25.5 Å². The predicted octanol–water partition coefficient (Wildman–Crippen LogP) is 2.68. The molecular formula is C15H12FN5. The maximum absolute atomic E-state index is 12.9. The number of aromatic nitrogens is 4. The van der Waals surface area contributed by atoms with Gasteiger partial charge < -0.3 is 5.32 Å². The van der Waals surface area contributed by atoms with Crippen LogP contribution in [0.15, 0.2) is 55.0 Å². The third-order valence-electron chi connectivity index (χ3n) is 2.90. The average molecular weight is 281 g/mol. The minimum Gasteiger partial charge on any atom is -0.349 e. The molecule has 2 heterocycles. The summed E-state index contributed by atoms with van der Waals surface area (Å²) >= 11 is 0. The van der Waals surface area contributed by atoms with E-state index in [1.807, 2.05) is 12.1 Å². The smallest absolute Gasteiger partial charge is 0.243 e. The molecule has 5 nitrogen and oxygen atoms in total. The van der Waals surface area contributed by atoms with Crippen molar-refractivity contribution in [2.24, 2.45) is 0 Å². The molecule has 6 heteroatoms. The molecule has 0 fully saturated rings. The summed E-state index contributed by atoms with van der Waals surface area (Å²) in [6.07, 6.45) is 5.00. The van der Waals surface area contributed by atoms with Crippen LogP contribution in [0.4, 0.5) is 10.3 Å². The van der Waals surface area contributed by atoms with Crippen LogP contribution in [0.3, 0.4) is 0 Å². The second-order valence-electron chi connectivity index (χ2n) is 4.38. The Labute approximate surface area is 120 Å². The summed E-state index contributed by atoms with van der Waals surface area (Å²) in [5.41, 5.74) is 2.50. The van der Waals surface area contributed by atoms with Crippen LogP contribution in [0.2, 0.25) is 0 Å². The van der Waals surface area contributed by atoms with Gasteiger partial charge in [-0.3, -0.25) is 4.98 Å². The highest BCUT2D eigenvalue weighted by Crippen LogP contribution is 2.17. The second kappa shape index (κ2) is 6.04. The molecule has 0 bridgehead atoms. The maximum Gasteiger partial charge on any atom is 0.243 e. The average Bonchev–Trinajstić information content (AvgIpc) is 2.55. The fourth-order valence-electron chi connectivity index (χ4n) is 1.82. The van der Waals surface area contributed by atoms with Crippen LogP contribution in [0.25, 0.3) is 11.3 Å². The SMILES string of the molecule is Fc1ccc(-c2cnnc(NCc3ccncc3)n2)cc1. The Hall–Kier alpha value is -2.89. The molecule has 0 spiro atoms. The predicted molar refractivity (Wildman–Crippen MR) is 76.8 cm³/mol. The molecule has 104 valence electrons. The van der Waals surface area contributed by atoms with Gasteiger partial charge in [0.2, 0.25) is 5.95 Å². The highest BCUT2D eigenvalue weighted by molar-refractivity contribution is 5.58. The molecular weight excluding hydrogens is 269 g/mol. The molecule has 0 unspecified atom stereocenters. The van der Waals surface area contributed by atoms with Crippen LogP contribution in [-0.2, 0) is 6.54 Å². The summed E-state index contributed by atoms with van der Waals surface area (Å²) in [6.45, 7) is 0.580. The molecule has 3 aromatic rings. The first-order chi connectivity index (χ1) is 10.3. The Kier molecular flexibility index (Phi) is 3.77. The molecule has 0 radical (unpaired) electrons. The van der Waals surface area contributed by atoms with E-state index >= 15 is 0 Å². The zero-order valence-electron chi connectivity index (χ0n) is 11.1. The van der Waals surface area contributed by atoms with Crippen molar-refractivity contribution in [1.82, 2.24) is 20.2 Å². The first kappa shape index (κ1) is 13.1. The van der Waals surface area contributed by atoms with Crippen LogP contribution < -0.4 is 5.32 Å². The number of nitrogens with one attached hydrogen (secondary N) is 1. The molecule has 0 aliphatic rings. The number of benzene rings is 1. The van der Waals surface area contributed by atoms with Crippen LogP contribution in [0.5, 0.6) is 0 Å². The quantitative estimate of drug-likeness (QED) is 0.796. The van der Waals surface area contributed by atoms with E-state index in [0.717, 1.165) is 11.1 Å². The van der Waals surface area contributed by atoms with Gasteiger partial charge in [0.25, 0.3) is 0 Å². The molecule has 21 heavy (non-hydrogen) atoms. The van der Waals surface area contributed by atoms with E-state index in [9.17, 15) is 4.39 Å². The van der Waals surface area contributed by atoms with Crippen LogP contribution >= 0.6 is 0 Å². The topological polar surface area (TPSA) is 63.6 Å². The van der Waals surface area contributed by atoms with Crippen molar-refractivity contribution in [2.75, 3.05) is 5.32 Å². The Bertz CT molecular complexity index is 716. The molecule has 2 aromatic heterocycles. The normalized spacial score (nSPS) is 10.3. The van der Waals surface area contributed by atoms with E-state index in [-0.39, 0.29) is 5.82 Å². The minimum atomic E-state index is -0.281. The molecule has 0 atom stereocenters. The summed E-state index contributed by atoms with van der Waals surface area (Å²) in [5, 5.41) is 10.9. The number of pyridine rings is 1. The van der Waals surface area contributed by atoms with Gasteiger partial charge in [-0.05, 0) is 42.0 Å². The van der Waals surface area contributed by atoms with Crippen molar-refractivity contribution in [3.05, 3.63) is 66.4 Å². The third kappa shape index (κ3) is 3.36. The molecule has 1 N–H and O–H groups in total. The Morgan fingerprint density at radius 2 is 1.76 bits per heavy atom. The molecule has 1 aromatic carbocycles. The molecule has 0 saturated heterocycles. The summed E-state index contributed by atoms with van der Waals surface area (Å²) in [5.74, 6) is 0.144. The van der Waals surface area contributed by atoms with Gasteiger partial charge in [0.05, 0.1) is 11.9 Å². The van der Waals surface area contributed by atoms with Crippen LogP contribution in [-0.4, -0.2) is 20.2 Å². The molecule has 0 aliphatic heterocycles. The van der Waals surface area contributed by atoms with Gasteiger partial charge in [0, 0.05) is 24.5 Å². The monoisotopic (exact) mass is 281 g/mol.